The van der Waals surface area contributed by atoms with Crippen molar-refractivity contribution in [3.05, 3.63) is 35.4 Å². The zero-order chi connectivity index (χ0) is 15.4. The Morgan fingerprint density at radius 3 is 2.29 bits per heavy atom. The molecule has 1 aliphatic carbocycles. The first-order chi connectivity index (χ1) is 10.0. The number of aliphatic carboxylic acids is 1. The molecule has 5 nitrogen and oxygen atoms in total. The minimum atomic E-state index is -0.883. The zero-order valence-electron chi connectivity index (χ0n) is 12.1. The highest BCUT2D eigenvalue weighted by Crippen LogP contribution is 2.36. The van der Waals surface area contributed by atoms with Gasteiger partial charge in [0.1, 0.15) is 0 Å². The van der Waals surface area contributed by atoms with Crippen molar-refractivity contribution in [3.8, 4) is 0 Å². The second-order valence-corrected chi connectivity index (χ2v) is 5.82. The van der Waals surface area contributed by atoms with E-state index < -0.39 is 17.8 Å². The van der Waals surface area contributed by atoms with Gasteiger partial charge >= 0.3 is 5.97 Å². The second kappa shape index (κ2) is 6.72. The topological polar surface area (TPSA) is 86.6 Å². The first-order valence-electron chi connectivity index (χ1n) is 7.20. The van der Waals surface area contributed by atoms with Crippen LogP contribution in [0, 0.1) is 17.8 Å². The van der Waals surface area contributed by atoms with Crippen LogP contribution in [-0.2, 0) is 22.7 Å². The van der Waals surface area contributed by atoms with Gasteiger partial charge in [-0.05, 0) is 29.9 Å². The van der Waals surface area contributed by atoms with Crippen molar-refractivity contribution >= 4 is 11.9 Å². The molecular weight excluding hydrogens is 270 g/mol. The highest BCUT2D eigenvalue weighted by Gasteiger charge is 2.40. The quantitative estimate of drug-likeness (QED) is 0.768. The lowest BCUT2D eigenvalue weighted by Gasteiger charge is -2.15. The molecule has 1 aromatic rings. The fourth-order valence-corrected chi connectivity index (χ4v) is 2.94. The largest absolute Gasteiger partial charge is 0.481 e. The van der Waals surface area contributed by atoms with Gasteiger partial charge in [-0.25, -0.2) is 0 Å². The van der Waals surface area contributed by atoms with Gasteiger partial charge in [0, 0.05) is 6.54 Å². The summed E-state index contributed by atoms with van der Waals surface area (Å²) in [5, 5.41) is 21.0. The molecule has 2 rings (SSSR count). The molecule has 1 saturated carbocycles. The van der Waals surface area contributed by atoms with Crippen molar-refractivity contribution in [2.24, 2.45) is 17.8 Å². The van der Waals surface area contributed by atoms with E-state index in [0.717, 1.165) is 11.1 Å². The van der Waals surface area contributed by atoms with Crippen molar-refractivity contribution in [1.82, 2.24) is 5.32 Å². The van der Waals surface area contributed by atoms with Crippen LogP contribution in [0.15, 0.2) is 24.3 Å². The van der Waals surface area contributed by atoms with Gasteiger partial charge in [-0.15, -0.1) is 0 Å². The molecule has 0 radical (unpaired) electrons. The standard InChI is InChI=1S/C16H21NO4/c1-10-6-13(14(7-10)16(20)21)15(19)17-8-11-2-4-12(9-18)5-3-11/h2-5,10,13-14,18H,6-9H2,1H3,(H,17,19)(H,20,21)/t10?,13-,14+/m0/s1. The van der Waals surface area contributed by atoms with E-state index in [1.54, 1.807) is 12.1 Å². The second-order valence-electron chi connectivity index (χ2n) is 5.82. The average Bonchev–Trinajstić information content (AvgIpc) is 2.87. The number of carboxylic acids is 1. The molecule has 3 N–H and O–H groups in total. The molecule has 1 fully saturated rings. The van der Waals surface area contributed by atoms with E-state index in [2.05, 4.69) is 5.32 Å². The fraction of sp³-hybridized carbons (Fsp3) is 0.500. The minimum absolute atomic E-state index is 0.00705. The molecule has 1 aliphatic rings. The lowest BCUT2D eigenvalue weighted by molar-refractivity contribution is -0.146. The Morgan fingerprint density at radius 1 is 1.14 bits per heavy atom. The Balaban J connectivity index is 1.92. The number of hydrogen-bond acceptors (Lipinski definition) is 3. The molecule has 0 saturated heterocycles. The SMILES string of the molecule is CC1C[C@H](C(=O)NCc2ccc(CO)cc2)[C@H](C(=O)O)C1. The van der Waals surface area contributed by atoms with Crippen LogP contribution in [0.5, 0.6) is 0 Å². The number of carbonyl (C=O) groups is 2. The van der Waals surface area contributed by atoms with Gasteiger partial charge in [0.15, 0.2) is 0 Å². The van der Waals surface area contributed by atoms with E-state index in [9.17, 15) is 14.7 Å². The predicted octanol–water partition coefficient (Wildman–Crippen LogP) is 1.54. The summed E-state index contributed by atoms with van der Waals surface area (Å²) in [6, 6.07) is 7.30. The van der Waals surface area contributed by atoms with Gasteiger partial charge in [0.2, 0.25) is 5.91 Å². The van der Waals surface area contributed by atoms with Crippen molar-refractivity contribution in [2.45, 2.75) is 32.9 Å². The fourth-order valence-electron chi connectivity index (χ4n) is 2.94. The number of aliphatic hydroxyl groups excluding tert-OH is 1. The molecule has 0 bridgehead atoms. The van der Waals surface area contributed by atoms with Gasteiger partial charge in [0.05, 0.1) is 18.4 Å². The van der Waals surface area contributed by atoms with Gasteiger partial charge in [-0.3, -0.25) is 9.59 Å². The average molecular weight is 291 g/mol. The van der Waals surface area contributed by atoms with Gasteiger partial charge in [-0.1, -0.05) is 31.2 Å². The molecule has 0 aromatic heterocycles. The van der Waals surface area contributed by atoms with E-state index in [-0.39, 0.29) is 18.4 Å². The first-order valence-corrected chi connectivity index (χ1v) is 7.20. The van der Waals surface area contributed by atoms with Crippen LogP contribution < -0.4 is 5.32 Å². The number of amides is 1. The third kappa shape index (κ3) is 3.82. The minimum Gasteiger partial charge on any atom is -0.481 e. The summed E-state index contributed by atoms with van der Waals surface area (Å²) >= 11 is 0. The Labute approximate surface area is 124 Å². The maximum absolute atomic E-state index is 12.2. The van der Waals surface area contributed by atoms with Crippen LogP contribution in [0.3, 0.4) is 0 Å². The zero-order valence-corrected chi connectivity index (χ0v) is 12.1. The molecule has 1 aromatic carbocycles. The third-order valence-corrected chi connectivity index (χ3v) is 4.12. The molecule has 3 atom stereocenters. The summed E-state index contributed by atoms with van der Waals surface area (Å²) < 4.78 is 0. The van der Waals surface area contributed by atoms with Crippen molar-refractivity contribution < 1.29 is 19.8 Å². The van der Waals surface area contributed by atoms with E-state index in [0.29, 0.717) is 19.4 Å². The summed E-state index contributed by atoms with van der Waals surface area (Å²) in [7, 11) is 0. The van der Waals surface area contributed by atoms with Gasteiger partial charge in [0.25, 0.3) is 0 Å². The highest BCUT2D eigenvalue weighted by atomic mass is 16.4. The van der Waals surface area contributed by atoms with E-state index in [1.165, 1.54) is 0 Å². The molecule has 0 spiro atoms. The number of hydrogen-bond donors (Lipinski definition) is 3. The molecule has 114 valence electrons. The van der Waals surface area contributed by atoms with Crippen LogP contribution in [0.4, 0.5) is 0 Å². The maximum atomic E-state index is 12.2. The summed E-state index contributed by atoms with van der Waals surface area (Å²) in [5.41, 5.74) is 1.75. The van der Waals surface area contributed by atoms with Crippen LogP contribution >= 0.6 is 0 Å². The van der Waals surface area contributed by atoms with Crippen molar-refractivity contribution in [3.63, 3.8) is 0 Å². The van der Waals surface area contributed by atoms with Crippen LogP contribution in [-0.4, -0.2) is 22.1 Å². The van der Waals surface area contributed by atoms with Crippen molar-refractivity contribution in [1.29, 1.82) is 0 Å². The normalized spacial score (nSPS) is 24.8. The number of benzene rings is 1. The number of carboxylic acid groups (broad SMARTS) is 1. The summed E-state index contributed by atoms with van der Waals surface area (Å²) in [6.07, 6.45) is 1.20. The third-order valence-electron chi connectivity index (χ3n) is 4.12. The molecule has 0 heterocycles. The van der Waals surface area contributed by atoms with Gasteiger partial charge < -0.3 is 15.5 Å². The number of rotatable bonds is 5. The van der Waals surface area contributed by atoms with Crippen LogP contribution in [0.1, 0.15) is 30.9 Å². The number of aliphatic hydroxyl groups is 1. The molecule has 21 heavy (non-hydrogen) atoms. The lowest BCUT2D eigenvalue weighted by atomic mass is 9.95. The number of carbonyl (C=O) groups excluding carboxylic acids is 1. The first kappa shape index (κ1) is 15.5. The maximum Gasteiger partial charge on any atom is 0.307 e. The Bertz CT molecular complexity index is 512. The van der Waals surface area contributed by atoms with Crippen LogP contribution in [0.25, 0.3) is 0 Å². The summed E-state index contributed by atoms with van der Waals surface area (Å²) in [5.74, 6) is -1.80. The Kier molecular flexibility index (Phi) is 4.96. The lowest BCUT2D eigenvalue weighted by Crippen LogP contribution is -2.34. The predicted molar refractivity (Wildman–Crippen MR) is 77.2 cm³/mol. The Hall–Kier alpha value is -1.88. The number of nitrogens with one attached hydrogen (secondary N) is 1. The molecular formula is C16H21NO4. The molecule has 1 unspecified atom stereocenters. The summed E-state index contributed by atoms with van der Waals surface area (Å²) in [6.45, 7) is 2.35. The summed E-state index contributed by atoms with van der Waals surface area (Å²) in [4.78, 5) is 23.4. The van der Waals surface area contributed by atoms with E-state index >= 15 is 0 Å². The molecule has 1 amide bonds. The Morgan fingerprint density at radius 2 is 1.71 bits per heavy atom. The van der Waals surface area contributed by atoms with E-state index in [4.69, 9.17) is 5.11 Å². The molecule has 0 aliphatic heterocycles. The van der Waals surface area contributed by atoms with Crippen molar-refractivity contribution in [2.75, 3.05) is 0 Å². The van der Waals surface area contributed by atoms with Gasteiger partial charge in [-0.2, -0.15) is 0 Å². The molecule has 5 heteroatoms. The highest BCUT2D eigenvalue weighted by molar-refractivity contribution is 5.85. The monoisotopic (exact) mass is 291 g/mol. The van der Waals surface area contributed by atoms with Crippen LogP contribution in [0.2, 0.25) is 0 Å². The smallest absolute Gasteiger partial charge is 0.307 e. The van der Waals surface area contributed by atoms with E-state index in [1.807, 2.05) is 19.1 Å².